The lowest BCUT2D eigenvalue weighted by Gasteiger charge is -2.08. The quantitative estimate of drug-likeness (QED) is 0.830. The fraction of sp³-hybridized carbons (Fsp3) is 0.154. The van der Waals surface area contributed by atoms with Gasteiger partial charge in [-0.15, -0.1) is 0 Å². The van der Waals surface area contributed by atoms with Crippen LogP contribution in [-0.4, -0.2) is 19.2 Å². The van der Waals surface area contributed by atoms with Gasteiger partial charge in [0, 0.05) is 11.1 Å². The SMILES string of the molecule is COc1ccc(Sc2ccccn2)cc1OC. The van der Waals surface area contributed by atoms with Crippen LogP contribution in [-0.2, 0) is 0 Å². The van der Waals surface area contributed by atoms with Gasteiger partial charge in [0.05, 0.1) is 14.2 Å². The third-order valence-corrected chi connectivity index (χ3v) is 3.16. The van der Waals surface area contributed by atoms with Crippen LogP contribution >= 0.6 is 11.8 Å². The van der Waals surface area contributed by atoms with Crippen molar-refractivity contribution >= 4 is 11.8 Å². The number of hydrogen-bond acceptors (Lipinski definition) is 4. The van der Waals surface area contributed by atoms with Crippen LogP contribution in [0.4, 0.5) is 0 Å². The molecule has 88 valence electrons. The van der Waals surface area contributed by atoms with E-state index in [-0.39, 0.29) is 0 Å². The van der Waals surface area contributed by atoms with Gasteiger partial charge in [-0.3, -0.25) is 0 Å². The molecule has 1 aromatic heterocycles. The van der Waals surface area contributed by atoms with Gasteiger partial charge in [-0.25, -0.2) is 4.98 Å². The Morgan fingerprint density at radius 3 is 2.47 bits per heavy atom. The second kappa shape index (κ2) is 5.59. The minimum atomic E-state index is 0.730. The molecule has 3 nitrogen and oxygen atoms in total. The van der Waals surface area contributed by atoms with Crippen molar-refractivity contribution in [1.82, 2.24) is 4.98 Å². The normalized spacial score (nSPS) is 10.0. The lowest BCUT2D eigenvalue weighted by Crippen LogP contribution is -1.90. The molecule has 0 aliphatic carbocycles. The number of ether oxygens (including phenoxy) is 2. The van der Waals surface area contributed by atoms with E-state index in [0.717, 1.165) is 21.4 Å². The van der Waals surface area contributed by atoms with Gasteiger partial charge >= 0.3 is 0 Å². The molecule has 0 fully saturated rings. The lowest BCUT2D eigenvalue weighted by atomic mass is 10.3. The molecule has 2 rings (SSSR count). The number of benzene rings is 1. The second-order valence-electron chi connectivity index (χ2n) is 3.29. The van der Waals surface area contributed by atoms with Crippen molar-refractivity contribution in [2.45, 2.75) is 9.92 Å². The van der Waals surface area contributed by atoms with Crippen LogP contribution in [0.2, 0.25) is 0 Å². The third-order valence-electron chi connectivity index (χ3n) is 2.22. The smallest absolute Gasteiger partial charge is 0.161 e. The molecular formula is C13H13NO2S. The van der Waals surface area contributed by atoms with Gasteiger partial charge in [-0.05, 0) is 30.3 Å². The first-order chi connectivity index (χ1) is 8.33. The van der Waals surface area contributed by atoms with Crippen LogP contribution in [0.25, 0.3) is 0 Å². The molecule has 0 aliphatic heterocycles. The molecule has 4 heteroatoms. The molecule has 0 radical (unpaired) electrons. The van der Waals surface area contributed by atoms with Gasteiger partial charge in [-0.2, -0.15) is 0 Å². The maximum absolute atomic E-state index is 5.26. The van der Waals surface area contributed by atoms with E-state index >= 15 is 0 Å². The van der Waals surface area contributed by atoms with Gasteiger partial charge in [0.25, 0.3) is 0 Å². The molecule has 0 saturated carbocycles. The van der Waals surface area contributed by atoms with E-state index in [1.54, 1.807) is 32.2 Å². The summed E-state index contributed by atoms with van der Waals surface area (Å²) in [5.41, 5.74) is 0. The fourth-order valence-electron chi connectivity index (χ4n) is 1.41. The average Bonchev–Trinajstić information content (AvgIpc) is 2.40. The average molecular weight is 247 g/mol. The number of rotatable bonds is 4. The van der Waals surface area contributed by atoms with Crippen molar-refractivity contribution in [1.29, 1.82) is 0 Å². The molecule has 1 heterocycles. The van der Waals surface area contributed by atoms with E-state index in [1.807, 2.05) is 36.4 Å². The summed E-state index contributed by atoms with van der Waals surface area (Å²) in [4.78, 5) is 5.33. The van der Waals surface area contributed by atoms with Crippen molar-refractivity contribution < 1.29 is 9.47 Å². The van der Waals surface area contributed by atoms with Crippen LogP contribution in [0, 0.1) is 0 Å². The summed E-state index contributed by atoms with van der Waals surface area (Å²) in [7, 11) is 3.26. The summed E-state index contributed by atoms with van der Waals surface area (Å²) in [5, 5.41) is 0.958. The molecule has 0 N–H and O–H groups in total. The number of nitrogens with zero attached hydrogens (tertiary/aromatic N) is 1. The maximum Gasteiger partial charge on any atom is 0.161 e. The molecular weight excluding hydrogens is 234 g/mol. The highest BCUT2D eigenvalue weighted by molar-refractivity contribution is 7.99. The molecule has 1 aromatic carbocycles. The van der Waals surface area contributed by atoms with E-state index in [1.165, 1.54) is 0 Å². The molecule has 0 amide bonds. The van der Waals surface area contributed by atoms with Gasteiger partial charge in [-0.1, -0.05) is 17.8 Å². The first-order valence-corrected chi connectivity index (χ1v) is 5.96. The first-order valence-electron chi connectivity index (χ1n) is 5.14. The number of aromatic nitrogens is 1. The van der Waals surface area contributed by atoms with Crippen molar-refractivity contribution in [3.8, 4) is 11.5 Å². The zero-order chi connectivity index (χ0) is 12.1. The standard InChI is InChI=1S/C13H13NO2S/c1-15-11-7-6-10(9-12(11)16-2)17-13-5-3-4-8-14-13/h3-9H,1-2H3. The number of methoxy groups -OCH3 is 2. The third kappa shape index (κ3) is 2.91. The maximum atomic E-state index is 5.26. The van der Waals surface area contributed by atoms with Gasteiger partial charge in [0.2, 0.25) is 0 Å². The van der Waals surface area contributed by atoms with Crippen LogP contribution in [0.15, 0.2) is 52.5 Å². The van der Waals surface area contributed by atoms with Crippen LogP contribution in [0.1, 0.15) is 0 Å². The Hall–Kier alpha value is -1.68. The van der Waals surface area contributed by atoms with E-state index in [9.17, 15) is 0 Å². The summed E-state index contributed by atoms with van der Waals surface area (Å²) >= 11 is 1.59. The summed E-state index contributed by atoms with van der Waals surface area (Å²) in [5.74, 6) is 1.46. The predicted octanol–water partition coefficient (Wildman–Crippen LogP) is 3.25. The Morgan fingerprint density at radius 1 is 1.00 bits per heavy atom. The van der Waals surface area contributed by atoms with E-state index in [4.69, 9.17) is 9.47 Å². The summed E-state index contributed by atoms with van der Waals surface area (Å²) in [6, 6.07) is 11.7. The number of hydrogen-bond donors (Lipinski definition) is 0. The second-order valence-corrected chi connectivity index (χ2v) is 4.38. The summed E-state index contributed by atoms with van der Waals surface area (Å²) in [6.45, 7) is 0. The minimum absolute atomic E-state index is 0.730. The Labute approximate surface area is 105 Å². The van der Waals surface area contributed by atoms with Crippen molar-refractivity contribution in [3.63, 3.8) is 0 Å². The highest BCUT2D eigenvalue weighted by Crippen LogP contribution is 2.34. The molecule has 0 spiro atoms. The first kappa shape index (κ1) is 11.8. The topological polar surface area (TPSA) is 31.4 Å². The Morgan fingerprint density at radius 2 is 1.82 bits per heavy atom. The van der Waals surface area contributed by atoms with E-state index in [2.05, 4.69) is 4.98 Å². The molecule has 0 aliphatic rings. The molecule has 17 heavy (non-hydrogen) atoms. The van der Waals surface area contributed by atoms with E-state index in [0.29, 0.717) is 0 Å². The molecule has 0 saturated heterocycles. The zero-order valence-corrected chi connectivity index (χ0v) is 10.5. The minimum Gasteiger partial charge on any atom is -0.493 e. The Bertz CT molecular complexity index is 488. The van der Waals surface area contributed by atoms with Gasteiger partial charge in [0.15, 0.2) is 11.5 Å². The van der Waals surface area contributed by atoms with E-state index < -0.39 is 0 Å². The van der Waals surface area contributed by atoms with Crippen molar-refractivity contribution in [2.75, 3.05) is 14.2 Å². The molecule has 0 atom stereocenters. The number of pyridine rings is 1. The summed E-state index contributed by atoms with van der Waals surface area (Å²) < 4.78 is 10.4. The van der Waals surface area contributed by atoms with Gasteiger partial charge < -0.3 is 9.47 Å². The zero-order valence-electron chi connectivity index (χ0n) is 9.71. The van der Waals surface area contributed by atoms with Crippen LogP contribution in [0.3, 0.4) is 0 Å². The predicted molar refractivity (Wildman–Crippen MR) is 67.9 cm³/mol. The highest BCUT2D eigenvalue weighted by atomic mass is 32.2. The monoisotopic (exact) mass is 247 g/mol. The summed E-state index contributed by atoms with van der Waals surface area (Å²) in [6.07, 6.45) is 1.78. The molecule has 2 aromatic rings. The molecule has 0 unspecified atom stereocenters. The highest BCUT2D eigenvalue weighted by Gasteiger charge is 2.05. The largest absolute Gasteiger partial charge is 0.493 e. The van der Waals surface area contributed by atoms with Crippen molar-refractivity contribution in [3.05, 3.63) is 42.6 Å². The lowest BCUT2D eigenvalue weighted by molar-refractivity contribution is 0.354. The van der Waals surface area contributed by atoms with Crippen LogP contribution in [0.5, 0.6) is 11.5 Å². The van der Waals surface area contributed by atoms with Crippen LogP contribution < -0.4 is 9.47 Å². The van der Waals surface area contributed by atoms with Crippen molar-refractivity contribution in [2.24, 2.45) is 0 Å². The molecule has 0 bridgehead atoms. The Balaban J connectivity index is 2.22. The fourth-order valence-corrected chi connectivity index (χ4v) is 2.21. The Kier molecular flexibility index (Phi) is 3.88. The van der Waals surface area contributed by atoms with Gasteiger partial charge in [0.1, 0.15) is 5.03 Å².